The van der Waals surface area contributed by atoms with Gasteiger partial charge < -0.3 is 25.4 Å². The molecular weight excluding hydrogens is 373 g/mol. The van der Waals surface area contributed by atoms with Crippen molar-refractivity contribution in [3.05, 3.63) is 52.8 Å². The molecule has 3 N–H and O–H groups in total. The lowest BCUT2D eigenvalue weighted by atomic mass is 10.1. The Balaban J connectivity index is 1.64. The van der Waals surface area contributed by atoms with Crippen molar-refractivity contribution >= 4 is 28.9 Å². The van der Waals surface area contributed by atoms with Crippen LogP contribution >= 0.6 is 11.6 Å². The van der Waals surface area contributed by atoms with Gasteiger partial charge in [-0.3, -0.25) is 4.79 Å². The van der Waals surface area contributed by atoms with Crippen molar-refractivity contribution in [2.75, 3.05) is 50.0 Å². The highest BCUT2D eigenvalue weighted by Crippen LogP contribution is 2.31. The third-order valence-electron chi connectivity index (χ3n) is 4.43. The highest BCUT2D eigenvalue weighted by Gasteiger charge is 2.24. The number of carbonyl (C=O) groups excluding carboxylic acids is 1. The van der Waals surface area contributed by atoms with Crippen LogP contribution in [0.1, 0.15) is 10.4 Å². The minimum absolute atomic E-state index is 0.0616. The number of halogens is 2. The van der Waals surface area contributed by atoms with Gasteiger partial charge >= 0.3 is 0 Å². The summed E-state index contributed by atoms with van der Waals surface area (Å²) in [5, 5.41) is 9.36. The number of anilines is 2. The van der Waals surface area contributed by atoms with Crippen molar-refractivity contribution in [3.8, 4) is 5.75 Å². The van der Waals surface area contributed by atoms with Gasteiger partial charge in [-0.05, 0) is 30.3 Å². The zero-order valence-corrected chi connectivity index (χ0v) is 15.5. The van der Waals surface area contributed by atoms with E-state index in [9.17, 15) is 9.18 Å². The Labute approximate surface area is 161 Å². The third kappa shape index (κ3) is 4.43. The van der Waals surface area contributed by atoms with E-state index in [1.165, 1.54) is 12.1 Å². The monoisotopic (exact) mass is 393 g/mol. The largest absolute Gasteiger partial charge is 0.491 e. The van der Waals surface area contributed by atoms with Gasteiger partial charge in [-0.15, -0.1) is 0 Å². The summed E-state index contributed by atoms with van der Waals surface area (Å²) in [6, 6.07) is 9.19. The van der Waals surface area contributed by atoms with Crippen LogP contribution in [0.4, 0.5) is 15.8 Å². The molecule has 2 aromatic rings. The fraction of sp³-hybridized carbons (Fsp3) is 0.316. The fourth-order valence-electron chi connectivity index (χ4n) is 3.05. The number of hydrogen-bond acceptors (Lipinski definition) is 5. The summed E-state index contributed by atoms with van der Waals surface area (Å²) in [7, 11) is 0. The number of rotatable bonds is 5. The Morgan fingerprint density at radius 1 is 1.19 bits per heavy atom. The maximum atomic E-state index is 13.2. The first kappa shape index (κ1) is 19.3. The molecule has 27 heavy (non-hydrogen) atoms. The molecule has 0 bridgehead atoms. The average molecular weight is 394 g/mol. The number of nitrogens with zero attached hydrogens (tertiary/aromatic N) is 2. The van der Waals surface area contributed by atoms with Crippen LogP contribution in [0.25, 0.3) is 0 Å². The van der Waals surface area contributed by atoms with E-state index in [1.54, 1.807) is 17.0 Å². The van der Waals surface area contributed by atoms with Gasteiger partial charge in [-0.1, -0.05) is 11.6 Å². The van der Waals surface area contributed by atoms with Crippen LogP contribution in [0.3, 0.4) is 0 Å². The summed E-state index contributed by atoms with van der Waals surface area (Å²) in [4.78, 5) is 16.4. The highest BCUT2D eigenvalue weighted by molar-refractivity contribution is 6.33. The standard InChI is InChI=1S/C19H21ClFN3O3/c20-16-12-14(27-10-9-25)2-4-18(16)23-5-7-24(8-6-23)19(26)15-3-1-13(21)11-17(15)22/h1-4,11-12,25H,5-10,22H2. The zero-order valence-electron chi connectivity index (χ0n) is 14.7. The van der Waals surface area contributed by atoms with Crippen molar-refractivity contribution < 1.29 is 19.0 Å². The second-order valence-electron chi connectivity index (χ2n) is 6.20. The average Bonchev–Trinajstić information content (AvgIpc) is 2.66. The number of amides is 1. The summed E-state index contributed by atoms with van der Waals surface area (Å²) < 4.78 is 18.5. The van der Waals surface area contributed by atoms with Gasteiger partial charge in [0.15, 0.2) is 0 Å². The fourth-order valence-corrected chi connectivity index (χ4v) is 3.34. The van der Waals surface area contributed by atoms with E-state index in [1.807, 2.05) is 6.07 Å². The predicted octanol–water partition coefficient (Wildman–Crippen LogP) is 2.39. The van der Waals surface area contributed by atoms with Crippen LogP contribution < -0.4 is 15.4 Å². The van der Waals surface area contributed by atoms with Gasteiger partial charge in [0.2, 0.25) is 0 Å². The molecule has 2 aromatic carbocycles. The van der Waals surface area contributed by atoms with Gasteiger partial charge in [0.25, 0.3) is 5.91 Å². The van der Waals surface area contributed by atoms with E-state index in [4.69, 9.17) is 27.2 Å². The maximum Gasteiger partial charge on any atom is 0.256 e. The third-order valence-corrected chi connectivity index (χ3v) is 4.73. The number of hydrogen-bond donors (Lipinski definition) is 2. The van der Waals surface area contributed by atoms with Crippen molar-refractivity contribution in [1.29, 1.82) is 0 Å². The van der Waals surface area contributed by atoms with Crippen LogP contribution in [0.15, 0.2) is 36.4 Å². The molecule has 1 aliphatic heterocycles. The number of benzene rings is 2. The Morgan fingerprint density at radius 3 is 2.56 bits per heavy atom. The van der Waals surface area contributed by atoms with E-state index in [0.29, 0.717) is 42.5 Å². The number of aliphatic hydroxyl groups excluding tert-OH is 1. The molecule has 0 aromatic heterocycles. The van der Waals surface area contributed by atoms with Crippen LogP contribution in [0.5, 0.6) is 5.75 Å². The molecule has 0 spiro atoms. The first-order valence-corrected chi connectivity index (χ1v) is 9.00. The Hall–Kier alpha value is -2.51. The van der Waals surface area contributed by atoms with E-state index in [-0.39, 0.29) is 24.8 Å². The van der Waals surface area contributed by atoms with Crippen LogP contribution in [0, 0.1) is 5.82 Å². The summed E-state index contributed by atoms with van der Waals surface area (Å²) in [5.41, 5.74) is 7.09. The molecule has 1 fully saturated rings. The minimum Gasteiger partial charge on any atom is -0.491 e. The molecule has 0 atom stereocenters. The number of nitrogens with two attached hydrogens (primary N) is 1. The van der Waals surface area contributed by atoms with Gasteiger partial charge in [-0.25, -0.2) is 4.39 Å². The molecule has 1 aliphatic rings. The number of ether oxygens (including phenoxy) is 1. The predicted molar refractivity (Wildman–Crippen MR) is 103 cm³/mol. The zero-order chi connectivity index (χ0) is 19.4. The van der Waals surface area contributed by atoms with Gasteiger partial charge in [0, 0.05) is 37.9 Å². The van der Waals surface area contributed by atoms with Gasteiger partial charge in [0.1, 0.15) is 18.2 Å². The maximum absolute atomic E-state index is 13.2. The first-order valence-electron chi connectivity index (χ1n) is 8.62. The SMILES string of the molecule is Nc1cc(F)ccc1C(=O)N1CCN(c2ccc(OCCO)cc2Cl)CC1. The number of carbonyl (C=O) groups is 1. The lowest BCUT2D eigenvalue weighted by Crippen LogP contribution is -2.49. The lowest BCUT2D eigenvalue weighted by molar-refractivity contribution is 0.0748. The molecule has 1 amide bonds. The summed E-state index contributed by atoms with van der Waals surface area (Å²) in [6.45, 7) is 2.40. The Morgan fingerprint density at radius 2 is 1.93 bits per heavy atom. The quantitative estimate of drug-likeness (QED) is 0.762. The lowest BCUT2D eigenvalue weighted by Gasteiger charge is -2.36. The van der Waals surface area contributed by atoms with E-state index in [0.717, 1.165) is 11.8 Å². The highest BCUT2D eigenvalue weighted by atomic mass is 35.5. The van der Waals surface area contributed by atoms with Crippen LogP contribution in [-0.4, -0.2) is 55.3 Å². The summed E-state index contributed by atoms with van der Waals surface area (Å²) in [6.07, 6.45) is 0. The van der Waals surface area contributed by atoms with Crippen LogP contribution in [0.2, 0.25) is 5.02 Å². The molecule has 1 saturated heterocycles. The summed E-state index contributed by atoms with van der Waals surface area (Å²) >= 11 is 6.36. The Bertz CT molecular complexity index is 826. The topological polar surface area (TPSA) is 79.0 Å². The molecule has 144 valence electrons. The van der Waals surface area contributed by atoms with E-state index in [2.05, 4.69) is 4.90 Å². The second kappa shape index (κ2) is 8.45. The summed E-state index contributed by atoms with van der Waals surface area (Å²) in [5.74, 6) is -0.0701. The molecule has 0 saturated carbocycles. The molecule has 1 heterocycles. The molecule has 6 nitrogen and oxygen atoms in total. The molecule has 0 radical (unpaired) electrons. The normalized spacial score (nSPS) is 14.3. The minimum atomic E-state index is -0.463. The number of nitrogen functional groups attached to an aromatic ring is 1. The number of piperazine rings is 1. The second-order valence-corrected chi connectivity index (χ2v) is 6.60. The van der Waals surface area contributed by atoms with E-state index < -0.39 is 5.82 Å². The molecule has 0 aliphatic carbocycles. The van der Waals surface area contributed by atoms with Crippen LogP contribution in [-0.2, 0) is 0 Å². The first-order chi connectivity index (χ1) is 13.0. The Kier molecular flexibility index (Phi) is 6.03. The molecule has 8 heteroatoms. The van der Waals surface area contributed by atoms with Crippen molar-refractivity contribution in [1.82, 2.24) is 4.90 Å². The van der Waals surface area contributed by atoms with E-state index >= 15 is 0 Å². The molecule has 0 unspecified atom stereocenters. The smallest absolute Gasteiger partial charge is 0.256 e. The van der Waals surface area contributed by atoms with Crippen molar-refractivity contribution in [3.63, 3.8) is 0 Å². The van der Waals surface area contributed by atoms with Crippen molar-refractivity contribution in [2.45, 2.75) is 0 Å². The van der Waals surface area contributed by atoms with Crippen molar-refractivity contribution in [2.24, 2.45) is 0 Å². The number of aliphatic hydroxyl groups is 1. The molecule has 3 rings (SSSR count). The molecular formula is C19H21ClFN3O3. The van der Waals surface area contributed by atoms with Gasteiger partial charge in [0.05, 0.1) is 22.9 Å². The van der Waals surface area contributed by atoms with Gasteiger partial charge in [-0.2, -0.15) is 0 Å².